The first-order chi connectivity index (χ1) is 10.3. The second-order valence-corrected chi connectivity index (χ2v) is 7.15. The number of rotatable bonds is 4. The molecule has 0 atom stereocenters. The van der Waals surface area contributed by atoms with Gasteiger partial charge in [0.2, 0.25) is 0 Å². The Hall–Kier alpha value is -1.20. The maximum atomic E-state index is 10.1. The number of anilines is 1. The first-order valence-electron chi connectivity index (χ1n) is 7.11. The maximum Gasteiger partial charge on any atom is 0.155 e. The fourth-order valence-electron chi connectivity index (χ4n) is 2.25. The van der Waals surface area contributed by atoms with Crippen LogP contribution in [0.5, 0.6) is 17.2 Å². The van der Waals surface area contributed by atoms with Crippen molar-refractivity contribution in [3.63, 3.8) is 0 Å². The Morgan fingerprint density at radius 3 is 2.23 bits per heavy atom. The molecule has 0 amide bonds. The molecule has 0 heterocycles. The van der Waals surface area contributed by atoms with E-state index in [1.165, 1.54) is 0 Å². The quantitative estimate of drug-likeness (QED) is 0.589. The van der Waals surface area contributed by atoms with Crippen LogP contribution < -0.4 is 10.5 Å². The number of halogens is 2. The van der Waals surface area contributed by atoms with E-state index in [4.69, 9.17) is 10.5 Å². The number of benzene rings is 2. The first-order valence-corrected chi connectivity index (χ1v) is 8.70. The molecule has 22 heavy (non-hydrogen) atoms. The minimum atomic E-state index is 0.214. The second kappa shape index (κ2) is 6.92. The van der Waals surface area contributed by atoms with Crippen LogP contribution in [0.25, 0.3) is 0 Å². The summed E-state index contributed by atoms with van der Waals surface area (Å²) < 4.78 is 7.66. The van der Waals surface area contributed by atoms with Crippen LogP contribution in [0.2, 0.25) is 0 Å². The fourth-order valence-corrected chi connectivity index (χ4v) is 3.63. The molecular formula is C17H19Br2NO2. The molecule has 0 saturated heterocycles. The molecule has 0 unspecified atom stereocenters. The summed E-state index contributed by atoms with van der Waals surface area (Å²) in [6.45, 7) is 6.11. The zero-order valence-corrected chi connectivity index (χ0v) is 16.0. The molecule has 3 N–H and O–H groups in total. The standard InChI is InChI=1S/C17H19Br2NO2/c1-4-10-5-15(21)12(9(2)3)8-16(10)22-17-13(18)6-11(20)7-14(17)19/h5-9,21H,4,20H2,1-3H3. The summed E-state index contributed by atoms with van der Waals surface area (Å²) >= 11 is 6.96. The largest absolute Gasteiger partial charge is 0.508 e. The lowest BCUT2D eigenvalue weighted by Gasteiger charge is -2.17. The highest BCUT2D eigenvalue weighted by atomic mass is 79.9. The van der Waals surface area contributed by atoms with Gasteiger partial charge in [-0.2, -0.15) is 0 Å². The van der Waals surface area contributed by atoms with Crippen LogP contribution in [0, 0.1) is 0 Å². The van der Waals surface area contributed by atoms with Gasteiger partial charge in [-0.05, 0) is 74.0 Å². The number of phenolic OH excluding ortho intramolecular Hbond substituents is 1. The van der Waals surface area contributed by atoms with Crippen LogP contribution >= 0.6 is 31.9 Å². The summed E-state index contributed by atoms with van der Waals surface area (Å²) in [5.74, 6) is 1.95. The molecule has 0 aliphatic rings. The zero-order valence-electron chi connectivity index (χ0n) is 12.8. The fraction of sp³-hybridized carbons (Fsp3) is 0.294. The van der Waals surface area contributed by atoms with E-state index in [9.17, 15) is 5.11 Å². The molecule has 0 aliphatic carbocycles. The van der Waals surface area contributed by atoms with Crippen LogP contribution in [0.1, 0.15) is 37.8 Å². The smallest absolute Gasteiger partial charge is 0.155 e. The Bertz CT molecular complexity index is 676. The highest BCUT2D eigenvalue weighted by Crippen LogP contribution is 2.41. The predicted octanol–water partition coefficient (Wildman–Crippen LogP) is 5.98. The average molecular weight is 429 g/mol. The number of hydrogen-bond acceptors (Lipinski definition) is 3. The molecule has 5 heteroatoms. The molecule has 0 saturated carbocycles. The lowest BCUT2D eigenvalue weighted by molar-refractivity contribution is 0.449. The number of phenols is 1. The first kappa shape index (κ1) is 17.2. The van der Waals surface area contributed by atoms with Crippen molar-refractivity contribution in [2.75, 3.05) is 5.73 Å². The van der Waals surface area contributed by atoms with E-state index in [1.807, 2.05) is 26.8 Å². The van der Waals surface area contributed by atoms with Crippen LogP contribution in [0.4, 0.5) is 5.69 Å². The maximum absolute atomic E-state index is 10.1. The van der Waals surface area contributed by atoms with Crippen LogP contribution in [-0.4, -0.2) is 5.11 Å². The van der Waals surface area contributed by atoms with Gasteiger partial charge in [0.1, 0.15) is 11.5 Å². The van der Waals surface area contributed by atoms with E-state index >= 15 is 0 Å². The van der Waals surface area contributed by atoms with Crippen molar-refractivity contribution in [3.8, 4) is 17.2 Å². The molecule has 0 fully saturated rings. The minimum Gasteiger partial charge on any atom is -0.508 e. The third-order valence-electron chi connectivity index (χ3n) is 3.45. The Morgan fingerprint density at radius 1 is 1.14 bits per heavy atom. The third kappa shape index (κ3) is 3.58. The lowest BCUT2D eigenvalue weighted by Crippen LogP contribution is -1.97. The van der Waals surface area contributed by atoms with Crippen LogP contribution in [0.3, 0.4) is 0 Å². The lowest BCUT2D eigenvalue weighted by atomic mass is 9.98. The molecule has 2 rings (SSSR count). The molecule has 0 radical (unpaired) electrons. The topological polar surface area (TPSA) is 55.5 Å². The Balaban J connectivity index is 2.51. The zero-order chi connectivity index (χ0) is 16.4. The van der Waals surface area contributed by atoms with Crippen LogP contribution in [0.15, 0.2) is 33.2 Å². The molecule has 118 valence electrons. The van der Waals surface area contributed by atoms with Crippen molar-refractivity contribution in [3.05, 3.63) is 44.3 Å². The molecule has 3 nitrogen and oxygen atoms in total. The van der Waals surface area contributed by atoms with E-state index in [0.29, 0.717) is 17.2 Å². The Kier molecular flexibility index (Phi) is 5.40. The Labute approximate surface area is 147 Å². The number of nitrogen functional groups attached to an aromatic ring is 1. The van der Waals surface area contributed by atoms with Gasteiger partial charge in [-0.1, -0.05) is 20.8 Å². The highest BCUT2D eigenvalue weighted by molar-refractivity contribution is 9.11. The summed E-state index contributed by atoms with van der Waals surface area (Å²) in [6, 6.07) is 7.29. The molecule has 0 spiro atoms. The van der Waals surface area contributed by atoms with Crippen molar-refractivity contribution in [1.82, 2.24) is 0 Å². The number of aryl methyl sites for hydroxylation is 1. The van der Waals surface area contributed by atoms with Gasteiger partial charge in [0, 0.05) is 11.3 Å². The predicted molar refractivity (Wildman–Crippen MR) is 97.9 cm³/mol. The summed E-state index contributed by atoms with van der Waals surface area (Å²) in [7, 11) is 0. The SMILES string of the molecule is CCc1cc(O)c(C(C)C)cc1Oc1c(Br)cc(N)cc1Br. The number of hydrogen-bond donors (Lipinski definition) is 2. The number of aromatic hydroxyl groups is 1. The Morgan fingerprint density at radius 2 is 1.73 bits per heavy atom. The van der Waals surface area contributed by atoms with Crippen molar-refractivity contribution in [2.45, 2.75) is 33.1 Å². The summed E-state index contributed by atoms with van der Waals surface area (Å²) in [6.07, 6.45) is 0.769. The van der Waals surface area contributed by atoms with Gasteiger partial charge in [-0.25, -0.2) is 0 Å². The third-order valence-corrected chi connectivity index (χ3v) is 4.62. The summed E-state index contributed by atoms with van der Waals surface area (Å²) in [5.41, 5.74) is 8.29. The normalized spacial score (nSPS) is 11.0. The summed E-state index contributed by atoms with van der Waals surface area (Å²) in [5, 5.41) is 10.1. The van der Waals surface area contributed by atoms with E-state index in [1.54, 1.807) is 18.2 Å². The van der Waals surface area contributed by atoms with Gasteiger partial charge in [0.25, 0.3) is 0 Å². The molecule has 0 aromatic heterocycles. The number of nitrogens with two attached hydrogens (primary N) is 1. The van der Waals surface area contributed by atoms with E-state index < -0.39 is 0 Å². The van der Waals surface area contributed by atoms with Gasteiger partial charge in [-0.15, -0.1) is 0 Å². The van der Waals surface area contributed by atoms with E-state index in [0.717, 1.165) is 32.2 Å². The monoisotopic (exact) mass is 427 g/mol. The van der Waals surface area contributed by atoms with E-state index in [-0.39, 0.29) is 5.92 Å². The van der Waals surface area contributed by atoms with Crippen molar-refractivity contribution >= 4 is 37.5 Å². The molecule has 2 aromatic rings. The van der Waals surface area contributed by atoms with E-state index in [2.05, 4.69) is 31.9 Å². The van der Waals surface area contributed by atoms with Crippen molar-refractivity contribution in [2.24, 2.45) is 0 Å². The second-order valence-electron chi connectivity index (χ2n) is 5.44. The van der Waals surface area contributed by atoms with Crippen molar-refractivity contribution in [1.29, 1.82) is 0 Å². The van der Waals surface area contributed by atoms with Gasteiger partial charge >= 0.3 is 0 Å². The molecule has 0 aliphatic heterocycles. The minimum absolute atomic E-state index is 0.214. The molecular weight excluding hydrogens is 410 g/mol. The van der Waals surface area contributed by atoms with Gasteiger partial charge in [0.05, 0.1) is 8.95 Å². The van der Waals surface area contributed by atoms with Gasteiger partial charge in [-0.3, -0.25) is 0 Å². The molecule has 2 aromatic carbocycles. The van der Waals surface area contributed by atoms with Gasteiger partial charge < -0.3 is 15.6 Å². The average Bonchev–Trinajstić information content (AvgIpc) is 2.43. The van der Waals surface area contributed by atoms with Crippen LogP contribution in [-0.2, 0) is 6.42 Å². The molecule has 0 bridgehead atoms. The highest BCUT2D eigenvalue weighted by Gasteiger charge is 2.15. The van der Waals surface area contributed by atoms with Crippen molar-refractivity contribution < 1.29 is 9.84 Å². The summed E-state index contributed by atoms with van der Waals surface area (Å²) in [4.78, 5) is 0. The number of ether oxygens (including phenoxy) is 1. The van der Waals surface area contributed by atoms with Gasteiger partial charge in [0.15, 0.2) is 5.75 Å².